The SMILES string of the molecule is CCCOc1c(Cl)cc(/C=C/C(=O)Nc2ccccc2C(=O)NC2CCCC2)cc1OC. The fourth-order valence-electron chi connectivity index (χ4n) is 3.65. The van der Waals surface area contributed by atoms with Crippen LogP contribution in [-0.2, 0) is 4.79 Å². The lowest BCUT2D eigenvalue weighted by atomic mass is 10.1. The Morgan fingerprint density at radius 1 is 1.19 bits per heavy atom. The molecule has 0 spiro atoms. The van der Waals surface area contributed by atoms with Gasteiger partial charge in [-0.05, 0) is 55.2 Å². The molecule has 2 N–H and O–H groups in total. The number of hydrogen-bond donors (Lipinski definition) is 2. The Hall–Kier alpha value is -2.99. The van der Waals surface area contributed by atoms with Crippen molar-refractivity contribution in [2.45, 2.75) is 45.1 Å². The molecule has 7 heteroatoms. The molecule has 0 aliphatic heterocycles. The number of hydrogen-bond acceptors (Lipinski definition) is 4. The lowest BCUT2D eigenvalue weighted by Gasteiger charge is -2.14. The smallest absolute Gasteiger partial charge is 0.253 e. The summed E-state index contributed by atoms with van der Waals surface area (Å²) in [6, 6.07) is 10.7. The van der Waals surface area contributed by atoms with Crippen LogP contribution in [0.15, 0.2) is 42.5 Å². The number of carbonyl (C=O) groups is 2. The second-order valence-electron chi connectivity index (χ2n) is 7.71. The highest BCUT2D eigenvalue weighted by Gasteiger charge is 2.20. The van der Waals surface area contributed by atoms with Gasteiger partial charge in [0.25, 0.3) is 5.91 Å². The Balaban J connectivity index is 1.69. The van der Waals surface area contributed by atoms with Gasteiger partial charge in [0.05, 0.1) is 30.0 Å². The van der Waals surface area contributed by atoms with E-state index in [9.17, 15) is 9.59 Å². The molecule has 0 aromatic heterocycles. The third-order valence-corrected chi connectivity index (χ3v) is 5.53. The molecule has 0 radical (unpaired) electrons. The van der Waals surface area contributed by atoms with Gasteiger partial charge in [-0.2, -0.15) is 0 Å². The highest BCUT2D eigenvalue weighted by molar-refractivity contribution is 6.32. The first-order chi connectivity index (χ1) is 15.5. The first-order valence-corrected chi connectivity index (χ1v) is 11.3. The van der Waals surface area contributed by atoms with Crippen LogP contribution >= 0.6 is 11.6 Å². The predicted molar refractivity (Wildman–Crippen MR) is 128 cm³/mol. The summed E-state index contributed by atoms with van der Waals surface area (Å²) in [4.78, 5) is 25.2. The summed E-state index contributed by atoms with van der Waals surface area (Å²) >= 11 is 6.34. The number of nitrogens with one attached hydrogen (secondary N) is 2. The maximum atomic E-state index is 12.7. The van der Waals surface area contributed by atoms with E-state index in [0.29, 0.717) is 39.9 Å². The molecule has 6 nitrogen and oxygen atoms in total. The van der Waals surface area contributed by atoms with E-state index in [2.05, 4.69) is 10.6 Å². The number of carbonyl (C=O) groups excluding carboxylic acids is 2. The fraction of sp³-hybridized carbons (Fsp3) is 0.360. The molecule has 0 atom stereocenters. The van der Waals surface area contributed by atoms with Crippen molar-refractivity contribution in [3.63, 3.8) is 0 Å². The molecule has 1 aliphatic rings. The van der Waals surface area contributed by atoms with E-state index in [1.54, 1.807) is 42.5 Å². The standard InChI is InChI=1S/C25H29ClN2O4/c1-3-14-32-24-20(26)15-17(16-22(24)31-2)12-13-23(29)28-21-11-7-6-10-19(21)25(30)27-18-8-4-5-9-18/h6-7,10-13,15-16,18H,3-5,8-9,14H2,1-2H3,(H,27,30)(H,28,29)/b13-12+. The number of anilines is 1. The minimum absolute atomic E-state index is 0.170. The summed E-state index contributed by atoms with van der Waals surface area (Å²) in [5, 5.41) is 6.26. The van der Waals surface area contributed by atoms with Crippen LogP contribution in [0.4, 0.5) is 5.69 Å². The molecule has 2 amide bonds. The summed E-state index contributed by atoms with van der Waals surface area (Å²) in [6.07, 6.45) is 8.14. The summed E-state index contributed by atoms with van der Waals surface area (Å²) < 4.78 is 11.0. The third kappa shape index (κ3) is 6.26. The molecule has 0 saturated heterocycles. The maximum absolute atomic E-state index is 12.7. The number of amides is 2. The second-order valence-corrected chi connectivity index (χ2v) is 8.11. The van der Waals surface area contributed by atoms with E-state index in [1.165, 1.54) is 13.2 Å². The van der Waals surface area contributed by atoms with Gasteiger partial charge in [-0.15, -0.1) is 0 Å². The van der Waals surface area contributed by atoms with Gasteiger partial charge < -0.3 is 20.1 Å². The van der Waals surface area contributed by atoms with Gasteiger partial charge >= 0.3 is 0 Å². The number of rotatable bonds is 9. The number of para-hydroxylation sites is 1. The van der Waals surface area contributed by atoms with Crippen LogP contribution in [0.2, 0.25) is 5.02 Å². The highest BCUT2D eigenvalue weighted by atomic mass is 35.5. The average molecular weight is 457 g/mol. The Labute approximate surface area is 193 Å². The van der Waals surface area contributed by atoms with E-state index in [0.717, 1.165) is 32.1 Å². The van der Waals surface area contributed by atoms with Gasteiger partial charge in [0.15, 0.2) is 11.5 Å². The van der Waals surface area contributed by atoms with Crippen molar-refractivity contribution in [2.75, 3.05) is 19.0 Å². The van der Waals surface area contributed by atoms with Crippen molar-refractivity contribution in [3.05, 3.63) is 58.6 Å². The monoisotopic (exact) mass is 456 g/mol. The molecule has 1 saturated carbocycles. The van der Waals surface area contributed by atoms with Crippen LogP contribution < -0.4 is 20.1 Å². The van der Waals surface area contributed by atoms with Crippen LogP contribution in [0, 0.1) is 0 Å². The van der Waals surface area contributed by atoms with Crippen molar-refractivity contribution in [1.82, 2.24) is 5.32 Å². The predicted octanol–water partition coefficient (Wildman–Crippen LogP) is 5.46. The third-order valence-electron chi connectivity index (χ3n) is 5.25. The quantitative estimate of drug-likeness (QED) is 0.491. The number of benzene rings is 2. The van der Waals surface area contributed by atoms with Crippen molar-refractivity contribution >= 4 is 35.2 Å². The molecule has 1 aliphatic carbocycles. The van der Waals surface area contributed by atoms with E-state index in [1.807, 2.05) is 6.92 Å². The molecule has 0 unspecified atom stereocenters. The molecule has 0 heterocycles. The van der Waals surface area contributed by atoms with Crippen LogP contribution in [0.5, 0.6) is 11.5 Å². The van der Waals surface area contributed by atoms with E-state index in [-0.39, 0.29) is 17.9 Å². The zero-order chi connectivity index (χ0) is 22.9. The highest BCUT2D eigenvalue weighted by Crippen LogP contribution is 2.37. The molecule has 170 valence electrons. The lowest BCUT2D eigenvalue weighted by molar-refractivity contribution is -0.111. The Morgan fingerprint density at radius 3 is 2.66 bits per heavy atom. The van der Waals surface area contributed by atoms with Crippen LogP contribution in [-0.4, -0.2) is 31.6 Å². The van der Waals surface area contributed by atoms with E-state index >= 15 is 0 Å². The topological polar surface area (TPSA) is 76.7 Å². The Kier molecular flexibility index (Phi) is 8.56. The number of ether oxygens (including phenoxy) is 2. The first kappa shape index (κ1) is 23.7. The van der Waals surface area contributed by atoms with E-state index < -0.39 is 0 Å². The van der Waals surface area contributed by atoms with Gasteiger partial charge in [0.1, 0.15) is 0 Å². The molecule has 3 rings (SSSR count). The van der Waals surface area contributed by atoms with Crippen molar-refractivity contribution in [1.29, 1.82) is 0 Å². The number of methoxy groups -OCH3 is 1. The summed E-state index contributed by atoms with van der Waals surface area (Å²) in [7, 11) is 1.54. The molecule has 1 fully saturated rings. The van der Waals surface area contributed by atoms with Crippen molar-refractivity contribution < 1.29 is 19.1 Å². The summed E-state index contributed by atoms with van der Waals surface area (Å²) in [5.74, 6) is 0.461. The van der Waals surface area contributed by atoms with Gasteiger partial charge in [0.2, 0.25) is 5.91 Å². The zero-order valence-corrected chi connectivity index (χ0v) is 19.2. The average Bonchev–Trinajstić information content (AvgIpc) is 3.30. The van der Waals surface area contributed by atoms with Gasteiger partial charge in [-0.1, -0.05) is 43.5 Å². The number of halogens is 1. The van der Waals surface area contributed by atoms with Crippen molar-refractivity contribution in [3.8, 4) is 11.5 Å². The Morgan fingerprint density at radius 2 is 1.94 bits per heavy atom. The van der Waals surface area contributed by atoms with Gasteiger partial charge in [-0.3, -0.25) is 9.59 Å². The minimum Gasteiger partial charge on any atom is -0.493 e. The zero-order valence-electron chi connectivity index (χ0n) is 18.4. The molecule has 32 heavy (non-hydrogen) atoms. The minimum atomic E-state index is -0.354. The molecule has 2 aromatic carbocycles. The molecule has 2 aromatic rings. The Bertz CT molecular complexity index is 984. The fourth-order valence-corrected chi connectivity index (χ4v) is 3.92. The van der Waals surface area contributed by atoms with Crippen LogP contribution in [0.3, 0.4) is 0 Å². The van der Waals surface area contributed by atoms with Gasteiger partial charge in [-0.25, -0.2) is 0 Å². The summed E-state index contributed by atoms with van der Waals surface area (Å²) in [5.41, 5.74) is 1.61. The molecular formula is C25H29ClN2O4. The summed E-state index contributed by atoms with van der Waals surface area (Å²) in [6.45, 7) is 2.54. The lowest BCUT2D eigenvalue weighted by Crippen LogP contribution is -2.33. The van der Waals surface area contributed by atoms with E-state index in [4.69, 9.17) is 21.1 Å². The maximum Gasteiger partial charge on any atom is 0.253 e. The van der Waals surface area contributed by atoms with Crippen LogP contribution in [0.25, 0.3) is 6.08 Å². The largest absolute Gasteiger partial charge is 0.493 e. The van der Waals surface area contributed by atoms with Crippen LogP contribution in [0.1, 0.15) is 54.9 Å². The molecular weight excluding hydrogens is 428 g/mol. The normalized spacial score (nSPS) is 13.8. The molecule has 0 bridgehead atoms. The first-order valence-electron chi connectivity index (χ1n) is 10.9. The van der Waals surface area contributed by atoms with Crippen molar-refractivity contribution in [2.24, 2.45) is 0 Å². The van der Waals surface area contributed by atoms with Gasteiger partial charge in [0, 0.05) is 12.1 Å². The second kappa shape index (κ2) is 11.6.